The van der Waals surface area contributed by atoms with E-state index in [1.807, 2.05) is 54.6 Å². The fourth-order valence-electron chi connectivity index (χ4n) is 2.27. The van der Waals surface area contributed by atoms with Crippen LogP contribution in [0.15, 0.2) is 66.7 Å². The highest BCUT2D eigenvalue weighted by Gasteiger charge is 1.94. The Kier molecular flexibility index (Phi) is 4.73. The first kappa shape index (κ1) is 15.6. The van der Waals surface area contributed by atoms with Gasteiger partial charge in [0, 0.05) is 0 Å². The lowest BCUT2D eigenvalue weighted by atomic mass is 10.1. The Morgan fingerprint density at radius 1 is 0.583 bits per heavy atom. The number of phenolic OH excluding ortho intramolecular Hbond substituents is 2. The molecule has 1 aromatic heterocycles. The molecule has 0 spiro atoms. The van der Waals surface area contributed by atoms with E-state index in [-0.39, 0.29) is 11.5 Å². The highest BCUT2D eigenvalue weighted by atomic mass is 16.3. The van der Waals surface area contributed by atoms with Crippen LogP contribution in [0.4, 0.5) is 0 Å². The van der Waals surface area contributed by atoms with Gasteiger partial charge in [0.2, 0.25) is 0 Å². The summed E-state index contributed by atoms with van der Waals surface area (Å²) in [6, 6.07) is 19.9. The molecule has 3 heteroatoms. The van der Waals surface area contributed by atoms with E-state index in [4.69, 9.17) is 0 Å². The Hall–Kier alpha value is -3.33. The average molecular weight is 315 g/mol. The standard InChI is InChI=1S/C21H17NO2/c23-20-8-1-4-16(14-20)10-12-18-6-3-7-19(22-18)13-11-17-5-2-9-21(24)15-17/h1-15,23-24H. The first-order valence-corrected chi connectivity index (χ1v) is 7.60. The van der Waals surface area contributed by atoms with E-state index in [1.54, 1.807) is 36.4 Å². The van der Waals surface area contributed by atoms with Gasteiger partial charge in [0.25, 0.3) is 0 Å². The van der Waals surface area contributed by atoms with Crippen LogP contribution in [0.1, 0.15) is 22.5 Å². The van der Waals surface area contributed by atoms with Crippen molar-refractivity contribution in [2.24, 2.45) is 0 Å². The monoisotopic (exact) mass is 315 g/mol. The fourth-order valence-corrected chi connectivity index (χ4v) is 2.27. The van der Waals surface area contributed by atoms with E-state index in [2.05, 4.69) is 4.98 Å². The zero-order valence-electron chi connectivity index (χ0n) is 13.0. The largest absolute Gasteiger partial charge is 0.508 e. The van der Waals surface area contributed by atoms with E-state index in [9.17, 15) is 10.2 Å². The summed E-state index contributed by atoms with van der Waals surface area (Å²) in [7, 11) is 0. The lowest BCUT2D eigenvalue weighted by molar-refractivity contribution is 0.474. The van der Waals surface area contributed by atoms with Gasteiger partial charge in [-0.2, -0.15) is 0 Å². The van der Waals surface area contributed by atoms with Crippen molar-refractivity contribution in [2.45, 2.75) is 0 Å². The third-order valence-electron chi connectivity index (χ3n) is 3.43. The second-order valence-corrected chi connectivity index (χ2v) is 5.34. The van der Waals surface area contributed by atoms with Gasteiger partial charge < -0.3 is 10.2 Å². The lowest BCUT2D eigenvalue weighted by Crippen LogP contribution is -1.84. The minimum Gasteiger partial charge on any atom is -0.508 e. The molecule has 0 radical (unpaired) electrons. The maximum absolute atomic E-state index is 9.48. The Balaban J connectivity index is 1.76. The normalized spacial score (nSPS) is 11.3. The second-order valence-electron chi connectivity index (χ2n) is 5.34. The summed E-state index contributed by atoms with van der Waals surface area (Å²) in [5, 5.41) is 19.0. The van der Waals surface area contributed by atoms with Crippen LogP contribution in [0.5, 0.6) is 11.5 Å². The van der Waals surface area contributed by atoms with E-state index < -0.39 is 0 Å². The molecule has 0 atom stereocenters. The van der Waals surface area contributed by atoms with Crippen LogP contribution in [-0.2, 0) is 0 Å². The number of hydrogen-bond donors (Lipinski definition) is 2. The number of pyridine rings is 1. The Morgan fingerprint density at radius 2 is 1.04 bits per heavy atom. The summed E-state index contributed by atoms with van der Waals surface area (Å²) in [4.78, 5) is 4.55. The van der Waals surface area contributed by atoms with Gasteiger partial charge in [0.05, 0.1) is 11.4 Å². The smallest absolute Gasteiger partial charge is 0.116 e. The molecule has 3 aromatic rings. The van der Waals surface area contributed by atoms with Gasteiger partial charge >= 0.3 is 0 Å². The molecule has 0 unspecified atom stereocenters. The molecule has 0 bridgehead atoms. The molecule has 2 aromatic carbocycles. The Morgan fingerprint density at radius 3 is 1.50 bits per heavy atom. The Bertz CT molecular complexity index is 827. The number of benzene rings is 2. The molecule has 1 heterocycles. The molecule has 3 rings (SSSR count). The van der Waals surface area contributed by atoms with Crippen molar-refractivity contribution in [1.29, 1.82) is 0 Å². The molecule has 0 fully saturated rings. The van der Waals surface area contributed by atoms with E-state index in [1.165, 1.54) is 0 Å². The van der Waals surface area contributed by atoms with Crippen molar-refractivity contribution >= 4 is 24.3 Å². The van der Waals surface area contributed by atoms with E-state index in [0.717, 1.165) is 22.5 Å². The third kappa shape index (κ3) is 4.34. The Labute approximate surface area is 140 Å². The van der Waals surface area contributed by atoms with Crippen LogP contribution in [0, 0.1) is 0 Å². The molecule has 118 valence electrons. The zero-order valence-corrected chi connectivity index (χ0v) is 13.0. The van der Waals surface area contributed by atoms with Crippen molar-refractivity contribution < 1.29 is 10.2 Å². The van der Waals surface area contributed by atoms with Gasteiger partial charge in [-0.3, -0.25) is 0 Å². The summed E-state index contributed by atoms with van der Waals surface area (Å²) in [6.45, 7) is 0. The van der Waals surface area contributed by atoms with Crippen LogP contribution in [0.2, 0.25) is 0 Å². The number of hydrogen-bond acceptors (Lipinski definition) is 3. The molecule has 0 aliphatic rings. The maximum atomic E-state index is 9.48. The number of aromatic nitrogens is 1. The van der Waals surface area contributed by atoms with Gasteiger partial charge in [-0.1, -0.05) is 42.5 Å². The molecule has 0 aliphatic heterocycles. The van der Waals surface area contributed by atoms with Crippen molar-refractivity contribution in [1.82, 2.24) is 4.98 Å². The van der Waals surface area contributed by atoms with Crippen LogP contribution in [-0.4, -0.2) is 15.2 Å². The topological polar surface area (TPSA) is 53.4 Å². The molecule has 0 amide bonds. The van der Waals surface area contributed by atoms with E-state index in [0.29, 0.717) is 0 Å². The first-order valence-electron chi connectivity index (χ1n) is 7.60. The van der Waals surface area contributed by atoms with Crippen LogP contribution in [0.25, 0.3) is 24.3 Å². The molecule has 0 saturated heterocycles. The summed E-state index contributed by atoms with van der Waals surface area (Å²) in [5.41, 5.74) is 3.49. The van der Waals surface area contributed by atoms with Gasteiger partial charge in [-0.05, 0) is 59.7 Å². The molecular formula is C21H17NO2. The van der Waals surface area contributed by atoms with Crippen molar-refractivity contribution in [3.05, 3.63) is 89.2 Å². The van der Waals surface area contributed by atoms with Crippen molar-refractivity contribution in [3.8, 4) is 11.5 Å². The molecule has 2 N–H and O–H groups in total. The molecular weight excluding hydrogens is 298 g/mol. The quantitative estimate of drug-likeness (QED) is 0.725. The molecule has 0 saturated carbocycles. The molecule has 3 nitrogen and oxygen atoms in total. The number of phenols is 2. The maximum Gasteiger partial charge on any atom is 0.116 e. The first-order chi connectivity index (χ1) is 11.7. The van der Waals surface area contributed by atoms with Gasteiger partial charge in [0.15, 0.2) is 0 Å². The van der Waals surface area contributed by atoms with Gasteiger partial charge in [0.1, 0.15) is 11.5 Å². The highest BCUT2D eigenvalue weighted by molar-refractivity contribution is 5.71. The number of aromatic hydroxyl groups is 2. The molecule has 0 aliphatic carbocycles. The minimum absolute atomic E-state index is 0.243. The number of rotatable bonds is 4. The van der Waals surface area contributed by atoms with Crippen molar-refractivity contribution in [3.63, 3.8) is 0 Å². The predicted octanol–water partition coefficient (Wildman–Crippen LogP) is 4.83. The second kappa shape index (κ2) is 7.29. The van der Waals surface area contributed by atoms with Gasteiger partial charge in [-0.15, -0.1) is 0 Å². The minimum atomic E-state index is 0.243. The SMILES string of the molecule is Oc1cccc(C=Cc2cccc(C=Cc3cccc(O)c3)n2)c1. The summed E-state index contributed by atoms with van der Waals surface area (Å²) < 4.78 is 0. The fraction of sp³-hybridized carbons (Fsp3) is 0. The van der Waals surface area contributed by atoms with E-state index >= 15 is 0 Å². The molecule has 24 heavy (non-hydrogen) atoms. The summed E-state index contributed by atoms with van der Waals surface area (Å²) >= 11 is 0. The van der Waals surface area contributed by atoms with Gasteiger partial charge in [-0.25, -0.2) is 4.98 Å². The van der Waals surface area contributed by atoms with Crippen LogP contribution < -0.4 is 0 Å². The number of nitrogens with zero attached hydrogens (tertiary/aromatic N) is 1. The lowest BCUT2D eigenvalue weighted by Gasteiger charge is -1.98. The highest BCUT2D eigenvalue weighted by Crippen LogP contribution is 2.15. The third-order valence-corrected chi connectivity index (χ3v) is 3.43. The predicted molar refractivity (Wildman–Crippen MR) is 98.3 cm³/mol. The summed E-state index contributed by atoms with van der Waals surface area (Å²) in [6.07, 6.45) is 7.62. The van der Waals surface area contributed by atoms with Crippen LogP contribution in [0.3, 0.4) is 0 Å². The zero-order chi connectivity index (χ0) is 16.8. The van der Waals surface area contributed by atoms with Crippen LogP contribution >= 0.6 is 0 Å². The van der Waals surface area contributed by atoms with Crippen molar-refractivity contribution in [2.75, 3.05) is 0 Å². The summed E-state index contributed by atoms with van der Waals surface area (Å²) in [5.74, 6) is 0.487. The average Bonchev–Trinajstić information content (AvgIpc) is 2.59.